The van der Waals surface area contributed by atoms with Crippen molar-refractivity contribution in [3.8, 4) is 0 Å². The third-order valence-corrected chi connectivity index (χ3v) is 5.22. The maximum atomic E-state index is 10.2. The zero-order valence-electron chi connectivity index (χ0n) is 17.6. The zero-order valence-corrected chi connectivity index (χ0v) is 17.6. The Morgan fingerprint density at radius 3 is 1.07 bits per heavy atom. The van der Waals surface area contributed by atoms with Gasteiger partial charge in [0.25, 0.3) is 0 Å². The molecule has 0 amide bonds. The van der Waals surface area contributed by atoms with Crippen LogP contribution in [0.3, 0.4) is 0 Å². The topological polar surface area (TPSA) is 46.5 Å². The predicted octanol–water partition coefficient (Wildman–Crippen LogP) is 7.85. The van der Waals surface area contributed by atoms with E-state index in [1.807, 2.05) is 0 Å². The fourth-order valence-corrected chi connectivity index (χ4v) is 3.52. The minimum absolute atomic E-state index is 0. The standard InChI is InChI=1S/C23H46O3.Li.H/c1-2-3-4-5-6-7-8-9-10-11-12-13-14-15-16-17-18-19-20-21-22-26-23(24)25;;/h2-22H2,1H3,(H,24,25);;. The molecule has 0 unspecified atom stereocenters. The summed E-state index contributed by atoms with van der Waals surface area (Å²) in [5.41, 5.74) is 0. The molecule has 0 radical (unpaired) electrons. The van der Waals surface area contributed by atoms with E-state index in [4.69, 9.17) is 5.11 Å². The van der Waals surface area contributed by atoms with Crippen LogP contribution in [0.1, 0.15) is 135 Å². The van der Waals surface area contributed by atoms with Gasteiger partial charge in [-0.25, -0.2) is 4.79 Å². The molecule has 0 atom stereocenters. The summed E-state index contributed by atoms with van der Waals surface area (Å²) in [6, 6.07) is 0. The summed E-state index contributed by atoms with van der Waals surface area (Å²) in [7, 11) is 0. The van der Waals surface area contributed by atoms with Gasteiger partial charge >= 0.3 is 25.0 Å². The van der Waals surface area contributed by atoms with E-state index in [9.17, 15) is 4.79 Å². The van der Waals surface area contributed by atoms with E-state index < -0.39 is 6.16 Å². The van der Waals surface area contributed by atoms with Gasteiger partial charge in [0.1, 0.15) is 0 Å². The minimum atomic E-state index is -1.15. The van der Waals surface area contributed by atoms with Crippen molar-refractivity contribution in [2.24, 2.45) is 0 Å². The van der Waals surface area contributed by atoms with Gasteiger partial charge in [-0.3, -0.25) is 0 Å². The quantitative estimate of drug-likeness (QED) is 0.126. The Labute approximate surface area is 181 Å². The maximum absolute atomic E-state index is 10.2. The van der Waals surface area contributed by atoms with Crippen molar-refractivity contribution in [2.75, 3.05) is 6.61 Å². The Balaban J connectivity index is 0. The van der Waals surface area contributed by atoms with Crippen molar-refractivity contribution in [3.05, 3.63) is 0 Å². The molecule has 0 aliphatic rings. The Morgan fingerprint density at radius 1 is 0.556 bits per heavy atom. The normalized spacial score (nSPS) is 10.6. The molecular formula is C23H47LiO3. The molecule has 27 heavy (non-hydrogen) atoms. The molecule has 158 valence electrons. The van der Waals surface area contributed by atoms with Crippen molar-refractivity contribution in [2.45, 2.75) is 135 Å². The average molecular weight is 379 g/mol. The van der Waals surface area contributed by atoms with Crippen LogP contribution in [-0.4, -0.2) is 36.7 Å². The van der Waals surface area contributed by atoms with Crippen LogP contribution in [-0.2, 0) is 4.74 Å². The molecule has 0 aromatic rings. The van der Waals surface area contributed by atoms with Gasteiger partial charge in [0, 0.05) is 0 Å². The van der Waals surface area contributed by atoms with Crippen LogP contribution in [0.2, 0.25) is 0 Å². The van der Waals surface area contributed by atoms with E-state index in [1.54, 1.807) is 0 Å². The van der Waals surface area contributed by atoms with E-state index in [1.165, 1.54) is 116 Å². The van der Waals surface area contributed by atoms with Crippen LogP contribution in [0.15, 0.2) is 0 Å². The number of ether oxygens (including phenoxy) is 1. The average Bonchev–Trinajstić information content (AvgIpc) is 2.62. The number of carboxylic acid groups (broad SMARTS) is 1. The predicted molar refractivity (Wildman–Crippen MR) is 119 cm³/mol. The molecule has 0 spiro atoms. The van der Waals surface area contributed by atoms with Crippen molar-refractivity contribution in [1.29, 1.82) is 0 Å². The van der Waals surface area contributed by atoms with Crippen molar-refractivity contribution >= 4 is 25.0 Å². The Bertz CT molecular complexity index is 285. The SMILES string of the molecule is CCCCCCCCCCCCCCCCCCCCCCOC(=O)O.[LiH]. The van der Waals surface area contributed by atoms with Crippen molar-refractivity contribution in [3.63, 3.8) is 0 Å². The number of carbonyl (C=O) groups is 1. The van der Waals surface area contributed by atoms with E-state index in [0.717, 1.165) is 12.8 Å². The summed E-state index contributed by atoms with van der Waals surface area (Å²) in [5, 5.41) is 8.35. The summed E-state index contributed by atoms with van der Waals surface area (Å²) < 4.78 is 4.50. The third-order valence-electron chi connectivity index (χ3n) is 5.22. The third kappa shape index (κ3) is 28.2. The zero-order chi connectivity index (χ0) is 19.1. The van der Waals surface area contributed by atoms with Gasteiger partial charge in [-0.15, -0.1) is 0 Å². The second kappa shape index (κ2) is 25.9. The van der Waals surface area contributed by atoms with Gasteiger partial charge in [-0.05, 0) is 6.42 Å². The van der Waals surface area contributed by atoms with E-state index in [2.05, 4.69) is 11.7 Å². The molecule has 3 nitrogen and oxygen atoms in total. The fraction of sp³-hybridized carbons (Fsp3) is 0.957. The first-order valence-electron chi connectivity index (χ1n) is 11.6. The monoisotopic (exact) mass is 378 g/mol. The second-order valence-corrected chi connectivity index (χ2v) is 7.83. The van der Waals surface area contributed by atoms with Crippen LogP contribution < -0.4 is 0 Å². The number of hydrogen-bond donors (Lipinski definition) is 1. The molecule has 0 aromatic heterocycles. The number of rotatable bonds is 21. The fourth-order valence-electron chi connectivity index (χ4n) is 3.52. The first-order chi connectivity index (χ1) is 12.8. The van der Waals surface area contributed by atoms with E-state index >= 15 is 0 Å². The van der Waals surface area contributed by atoms with Gasteiger partial charge < -0.3 is 9.84 Å². The van der Waals surface area contributed by atoms with Crippen LogP contribution in [0.4, 0.5) is 4.79 Å². The van der Waals surface area contributed by atoms with Crippen LogP contribution >= 0.6 is 0 Å². The first kappa shape index (κ1) is 29.1. The molecule has 0 heterocycles. The van der Waals surface area contributed by atoms with Gasteiger partial charge in [-0.2, -0.15) is 0 Å². The van der Waals surface area contributed by atoms with Crippen molar-refractivity contribution in [1.82, 2.24) is 0 Å². The molecule has 0 aliphatic heterocycles. The Morgan fingerprint density at radius 2 is 0.815 bits per heavy atom. The first-order valence-corrected chi connectivity index (χ1v) is 11.6. The van der Waals surface area contributed by atoms with E-state index in [-0.39, 0.29) is 18.9 Å². The summed E-state index contributed by atoms with van der Waals surface area (Å²) in [6.07, 6.45) is 26.0. The summed E-state index contributed by atoms with van der Waals surface area (Å²) in [4.78, 5) is 10.2. The van der Waals surface area contributed by atoms with Gasteiger partial charge in [0.15, 0.2) is 0 Å². The van der Waals surface area contributed by atoms with Crippen LogP contribution in [0, 0.1) is 0 Å². The molecule has 0 bridgehead atoms. The van der Waals surface area contributed by atoms with Crippen molar-refractivity contribution < 1.29 is 14.6 Å². The summed E-state index contributed by atoms with van der Waals surface area (Å²) >= 11 is 0. The Kier molecular flexibility index (Phi) is 27.9. The molecule has 0 fully saturated rings. The van der Waals surface area contributed by atoms with Crippen LogP contribution in [0.25, 0.3) is 0 Å². The van der Waals surface area contributed by atoms with E-state index in [0.29, 0.717) is 6.61 Å². The molecule has 0 aliphatic carbocycles. The molecule has 4 heteroatoms. The Hall–Kier alpha value is -0.133. The van der Waals surface area contributed by atoms with Gasteiger partial charge in [-0.1, -0.05) is 129 Å². The molecule has 0 aromatic carbocycles. The molecular weight excluding hydrogens is 331 g/mol. The van der Waals surface area contributed by atoms with Gasteiger partial charge in [0.2, 0.25) is 0 Å². The summed E-state index contributed by atoms with van der Waals surface area (Å²) in [6.45, 7) is 2.64. The molecule has 0 saturated heterocycles. The number of hydrogen-bond acceptors (Lipinski definition) is 2. The molecule has 1 N–H and O–H groups in total. The molecule has 0 saturated carbocycles. The van der Waals surface area contributed by atoms with Gasteiger partial charge in [0.05, 0.1) is 6.61 Å². The van der Waals surface area contributed by atoms with Crippen LogP contribution in [0.5, 0.6) is 0 Å². The second-order valence-electron chi connectivity index (χ2n) is 7.83. The molecule has 0 rings (SSSR count). The number of unbranched alkanes of at least 4 members (excludes halogenated alkanes) is 19. The summed E-state index contributed by atoms with van der Waals surface area (Å²) in [5.74, 6) is 0.